The first kappa shape index (κ1) is 13.3. The average molecular weight is 255 g/mol. The van der Waals surface area contributed by atoms with Gasteiger partial charge in [0.05, 0.1) is 6.10 Å². The van der Waals surface area contributed by atoms with E-state index in [1.807, 2.05) is 13.8 Å². The van der Waals surface area contributed by atoms with Crippen LogP contribution in [0.15, 0.2) is 0 Å². The van der Waals surface area contributed by atoms with Crippen molar-refractivity contribution in [2.45, 2.75) is 45.6 Å². The monoisotopic (exact) mass is 255 g/mol. The molecule has 1 unspecified atom stereocenters. The van der Waals surface area contributed by atoms with Gasteiger partial charge >= 0.3 is 5.97 Å². The summed E-state index contributed by atoms with van der Waals surface area (Å²) in [6.45, 7) is 4.71. The Labute approximate surface area is 107 Å². The highest BCUT2D eigenvalue weighted by Crippen LogP contribution is 2.44. The highest BCUT2D eigenvalue weighted by molar-refractivity contribution is 6.02. The number of carboxylic acid groups (broad SMARTS) is 1. The number of piperidine rings is 1. The van der Waals surface area contributed by atoms with E-state index >= 15 is 0 Å². The number of carbonyl (C=O) groups excluding carboxylic acids is 1. The summed E-state index contributed by atoms with van der Waals surface area (Å²) in [4.78, 5) is 25.3. The third-order valence-electron chi connectivity index (χ3n) is 4.49. The second-order valence-corrected chi connectivity index (χ2v) is 6.26. The Hall–Kier alpha value is -1.10. The van der Waals surface area contributed by atoms with Crippen molar-refractivity contribution in [3.8, 4) is 0 Å². The number of hydrogen-bond donors (Lipinski definition) is 2. The van der Waals surface area contributed by atoms with E-state index in [4.69, 9.17) is 0 Å². The number of amides is 1. The lowest BCUT2D eigenvalue weighted by atomic mass is 9.67. The summed E-state index contributed by atoms with van der Waals surface area (Å²) in [6.07, 6.45) is 1.79. The number of aliphatic hydroxyl groups is 1. The molecule has 1 saturated carbocycles. The first-order chi connectivity index (χ1) is 8.29. The van der Waals surface area contributed by atoms with E-state index < -0.39 is 17.5 Å². The molecule has 1 atom stereocenters. The average Bonchev–Trinajstić information content (AvgIpc) is 2.19. The van der Waals surface area contributed by atoms with Crippen molar-refractivity contribution in [3.05, 3.63) is 0 Å². The highest BCUT2D eigenvalue weighted by Gasteiger charge is 2.54. The summed E-state index contributed by atoms with van der Waals surface area (Å²) in [6, 6.07) is 0. The molecule has 1 aliphatic heterocycles. The molecular weight excluding hydrogens is 234 g/mol. The number of hydrogen-bond acceptors (Lipinski definition) is 3. The molecule has 2 aliphatic rings. The van der Waals surface area contributed by atoms with Crippen LogP contribution in [0.1, 0.15) is 39.5 Å². The first-order valence-corrected chi connectivity index (χ1v) is 6.50. The van der Waals surface area contributed by atoms with Crippen LogP contribution in [0.3, 0.4) is 0 Å². The predicted octanol–water partition coefficient (Wildman–Crippen LogP) is 0.861. The topological polar surface area (TPSA) is 77.8 Å². The smallest absolute Gasteiger partial charge is 0.319 e. The summed E-state index contributed by atoms with van der Waals surface area (Å²) in [5, 5.41) is 19.1. The van der Waals surface area contributed by atoms with E-state index in [0.717, 1.165) is 6.42 Å². The van der Waals surface area contributed by atoms with E-state index in [2.05, 4.69) is 0 Å². The zero-order valence-corrected chi connectivity index (χ0v) is 11.0. The molecule has 102 valence electrons. The molecule has 2 rings (SSSR count). The van der Waals surface area contributed by atoms with Gasteiger partial charge in [-0.3, -0.25) is 9.59 Å². The fraction of sp³-hybridized carbons (Fsp3) is 0.846. The molecule has 18 heavy (non-hydrogen) atoms. The van der Waals surface area contributed by atoms with E-state index in [9.17, 15) is 19.8 Å². The normalized spacial score (nSPS) is 29.5. The van der Waals surface area contributed by atoms with Crippen LogP contribution < -0.4 is 0 Å². The van der Waals surface area contributed by atoms with E-state index in [-0.39, 0.29) is 11.3 Å². The van der Waals surface area contributed by atoms with E-state index in [1.165, 1.54) is 0 Å². The van der Waals surface area contributed by atoms with Gasteiger partial charge in [0.15, 0.2) is 0 Å². The number of likely N-dealkylation sites (tertiary alicyclic amines) is 1. The molecule has 1 amide bonds. The van der Waals surface area contributed by atoms with Gasteiger partial charge in [-0.05, 0) is 19.3 Å². The van der Waals surface area contributed by atoms with Crippen LogP contribution in [-0.4, -0.2) is 46.2 Å². The van der Waals surface area contributed by atoms with Crippen LogP contribution >= 0.6 is 0 Å². The lowest BCUT2D eigenvalue weighted by Crippen LogP contribution is -2.58. The summed E-state index contributed by atoms with van der Waals surface area (Å²) in [5.41, 5.74) is -1.55. The molecule has 1 aliphatic carbocycles. The van der Waals surface area contributed by atoms with Crippen LogP contribution in [0.4, 0.5) is 0 Å². The van der Waals surface area contributed by atoms with Crippen molar-refractivity contribution in [1.29, 1.82) is 0 Å². The quantitative estimate of drug-likeness (QED) is 0.717. The second kappa shape index (κ2) is 4.23. The number of carboxylic acids is 1. The van der Waals surface area contributed by atoms with Crippen molar-refractivity contribution in [1.82, 2.24) is 4.90 Å². The Balaban J connectivity index is 2.13. The molecule has 1 heterocycles. The molecule has 0 aromatic heterocycles. The van der Waals surface area contributed by atoms with Crippen LogP contribution in [-0.2, 0) is 9.59 Å². The number of rotatable bonds is 2. The van der Waals surface area contributed by atoms with Gasteiger partial charge in [-0.2, -0.15) is 0 Å². The molecule has 0 aromatic carbocycles. The first-order valence-electron chi connectivity index (χ1n) is 6.50. The zero-order valence-electron chi connectivity index (χ0n) is 11.0. The Morgan fingerprint density at radius 1 is 1.28 bits per heavy atom. The van der Waals surface area contributed by atoms with E-state index in [0.29, 0.717) is 32.4 Å². The molecule has 2 fully saturated rings. The zero-order chi connectivity index (χ0) is 13.6. The molecule has 0 aromatic rings. The van der Waals surface area contributed by atoms with Crippen molar-refractivity contribution >= 4 is 11.9 Å². The molecule has 5 heteroatoms. The maximum absolute atomic E-state index is 12.4. The standard InChI is InChI=1S/C13H21NO4/c1-12(2)8-14(7-4-9(12)15)10(16)13(11(17)18)5-3-6-13/h9,15H,3-8H2,1-2H3,(H,17,18). The Bertz CT molecular complexity index is 373. The summed E-state index contributed by atoms with van der Waals surface area (Å²) >= 11 is 0. The molecule has 2 N–H and O–H groups in total. The van der Waals surface area contributed by atoms with Crippen molar-refractivity contribution in [2.75, 3.05) is 13.1 Å². The molecule has 0 radical (unpaired) electrons. The van der Waals surface area contributed by atoms with Gasteiger partial charge in [0.1, 0.15) is 5.41 Å². The Kier molecular flexibility index (Phi) is 3.13. The SMILES string of the molecule is CC1(C)CN(C(=O)C2(C(=O)O)CCC2)CCC1O. The van der Waals surface area contributed by atoms with Crippen LogP contribution in [0.25, 0.3) is 0 Å². The molecule has 5 nitrogen and oxygen atoms in total. The maximum Gasteiger partial charge on any atom is 0.319 e. The minimum atomic E-state index is -1.18. The number of aliphatic carboxylic acids is 1. The van der Waals surface area contributed by atoms with Gasteiger partial charge in [-0.25, -0.2) is 0 Å². The molecular formula is C13H21NO4. The van der Waals surface area contributed by atoms with Crippen molar-refractivity contribution in [3.63, 3.8) is 0 Å². The lowest BCUT2D eigenvalue weighted by molar-refractivity contribution is -0.170. The third kappa shape index (κ3) is 1.90. The Morgan fingerprint density at radius 3 is 2.28 bits per heavy atom. The highest BCUT2D eigenvalue weighted by atomic mass is 16.4. The van der Waals surface area contributed by atoms with Gasteiger partial charge in [0.25, 0.3) is 0 Å². The van der Waals surface area contributed by atoms with Gasteiger partial charge < -0.3 is 15.1 Å². The van der Waals surface area contributed by atoms with Crippen molar-refractivity contribution < 1.29 is 19.8 Å². The van der Waals surface area contributed by atoms with Gasteiger partial charge in [-0.15, -0.1) is 0 Å². The molecule has 1 saturated heterocycles. The van der Waals surface area contributed by atoms with Crippen molar-refractivity contribution in [2.24, 2.45) is 10.8 Å². The minimum Gasteiger partial charge on any atom is -0.480 e. The minimum absolute atomic E-state index is 0.263. The maximum atomic E-state index is 12.4. The van der Waals surface area contributed by atoms with Crippen LogP contribution in [0, 0.1) is 10.8 Å². The fourth-order valence-electron chi connectivity index (χ4n) is 2.87. The summed E-state index contributed by atoms with van der Waals surface area (Å²) in [7, 11) is 0. The number of nitrogens with zero attached hydrogens (tertiary/aromatic N) is 1. The largest absolute Gasteiger partial charge is 0.480 e. The second-order valence-electron chi connectivity index (χ2n) is 6.26. The molecule has 0 spiro atoms. The predicted molar refractivity (Wildman–Crippen MR) is 64.9 cm³/mol. The third-order valence-corrected chi connectivity index (χ3v) is 4.49. The Morgan fingerprint density at radius 2 is 1.89 bits per heavy atom. The van der Waals surface area contributed by atoms with Gasteiger partial charge in [0.2, 0.25) is 5.91 Å². The number of aliphatic hydroxyl groups excluding tert-OH is 1. The van der Waals surface area contributed by atoms with E-state index in [1.54, 1.807) is 4.90 Å². The van der Waals surface area contributed by atoms with Crippen LogP contribution in [0.5, 0.6) is 0 Å². The molecule has 0 bridgehead atoms. The lowest BCUT2D eigenvalue weighted by Gasteiger charge is -2.46. The number of carbonyl (C=O) groups is 2. The van der Waals surface area contributed by atoms with Crippen LogP contribution in [0.2, 0.25) is 0 Å². The fourth-order valence-corrected chi connectivity index (χ4v) is 2.87. The summed E-state index contributed by atoms with van der Waals surface area (Å²) in [5.74, 6) is -1.26. The van der Waals surface area contributed by atoms with Gasteiger partial charge in [0, 0.05) is 18.5 Å². The van der Waals surface area contributed by atoms with Gasteiger partial charge in [-0.1, -0.05) is 20.3 Å². The summed E-state index contributed by atoms with van der Waals surface area (Å²) < 4.78 is 0.